The average molecular weight is 355 g/mol. The first-order chi connectivity index (χ1) is 13.2. The minimum Gasteiger partial charge on any atom is -0.350 e. The number of hydrogen-bond acceptors (Lipinski definition) is 1. The highest BCUT2D eigenvalue weighted by Crippen LogP contribution is 2.19. The lowest BCUT2D eigenvalue weighted by Crippen LogP contribution is -2.33. The first-order valence-corrected chi connectivity index (χ1v) is 9.39. The predicted octanol–water partition coefficient (Wildman–Crippen LogP) is 5.36. The lowest BCUT2D eigenvalue weighted by Gasteiger charge is -2.16. The van der Waals surface area contributed by atoms with Gasteiger partial charge in [0, 0.05) is 11.6 Å². The van der Waals surface area contributed by atoms with E-state index in [1.807, 2.05) is 72.8 Å². The van der Waals surface area contributed by atoms with Gasteiger partial charge in [-0.1, -0.05) is 91.0 Å². The fourth-order valence-electron chi connectivity index (χ4n) is 3.02. The van der Waals surface area contributed by atoms with Crippen molar-refractivity contribution in [2.24, 2.45) is 0 Å². The zero-order chi connectivity index (χ0) is 18.9. The van der Waals surface area contributed by atoms with Gasteiger partial charge >= 0.3 is 0 Å². The van der Waals surface area contributed by atoms with Crippen LogP contribution in [-0.4, -0.2) is 11.9 Å². The van der Waals surface area contributed by atoms with Crippen LogP contribution >= 0.6 is 0 Å². The Morgan fingerprint density at radius 1 is 0.852 bits per heavy atom. The Kier molecular flexibility index (Phi) is 6.59. The van der Waals surface area contributed by atoms with Gasteiger partial charge in [-0.2, -0.15) is 0 Å². The van der Waals surface area contributed by atoms with E-state index in [0.29, 0.717) is 5.57 Å². The molecule has 0 heterocycles. The minimum absolute atomic E-state index is 0.0365. The summed E-state index contributed by atoms with van der Waals surface area (Å²) in [6.07, 6.45) is 3.81. The number of hydrogen-bond donors (Lipinski definition) is 1. The van der Waals surface area contributed by atoms with Crippen LogP contribution in [0.2, 0.25) is 0 Å². The molecule has 0 aromatic heterocycles. The second kappa shape index (κ2) is 9.54. The van der Waals surface area contributed by atoms with Crippen LogP contribution in [0.25, 0.3) is 11.6 Å². The van der Waals surface area contributed by atoms with Crippen LogP contribution in [0.3, 0.4) is 0 Å². The van der Waals surface area contributed by atoms with Gasteiger partial charge < -0.3 is 5.32 Å². The molecule has 3 aromatic carbocycles. The Morgan fingerprint density at radius 2 is 1.41 bits per heavy atom. The van der Waals surface area contributed by atoms with Crippen LogP contribution in [0, 0.1) is 0 Å². The zero-order valence-electron chi connectivity index (χ0n) is 15.6. The molecule has 3 rings (SSSR count). The van der Waals surface area contributed by atoms with Crippen molar-refractivity contribution >= 4 is 17.6 Å². The molecule has 0 radical (unpaired) electrons. The first kappa shape index (κ1) is 18.7. The molecule has 1 amide bonds. The van der Waals surface area contributed by atoms with Crippen molar-refractivity contribution in [3.8, 4) is 0 Å². The molecule has 0 saturated carbocycles. The van der Waals surface area contributed by atoms with Crippen molar-refractivity contribution in [1.29, 1.82) is 0 Å². The zero-order valence-corrected chi connectivity index (χ0v) is 15.6. The van der Waals surface area contributed by atoms with Gasteiger partial charge in [0.1, 0.15) is 0 Å². The van der Waals surface area contributed by atoms with E-state index in [1.54, 1.807) is 0 Å². The van der Waals surface area contributed by atoms with Crippen molar-refractivity contribution in [2.45, 2.75) is 25.8 Å². The molecule has 0 fully saturated rings. The summed E-state index contributed by atoms with van der Waals surface area (Å²) in [5.41, 5.74) is 3.92. The summed E-state index contributed by atoms with van der Waals surface area (Å²) in [5, 5.41) is 3.16. The molecule has 1 atom stereocenters. The third-order valence-electron chi connectivity index (χ3n) is 4.53. The summed E-state index contributed by atoms with van der Waals surface area (Å²) < 4.78 is 0. The second-order valence-electron chi connectivity index (χ2n) is 6.73. The van der Waals surface area contributed by atoms with E-state index in [0.717, 1.165) is 24.0 Å². The lowest BCUT2D eigenvalue weighted by atomic mass is 10.0. The molecular formula is C25H25NO. The maximum absolute atomic E-state index is 13.0. The standard InChI is InChI=1S/C25H25NO/c1-20(17-18-21-11-5-2-6-12-21)26-25(27)24(23-15-9-4-10-16-23)19-22-13-7-3-8-14-22/h2-16,19-20H,17-18H2,1H3,(H,26,27)/b24-19+/t20-/m0/s1. The lowest BCUT2D eigenvalue weighted by molar-refractivity contribution is -0.116. The van der Waals surface area contributed by atoms with Crippen LogP contribution in [0.5, 0.6) is 0 Å². The van der Waals surface area contributed by atoms with E-state index in [9.17, 15) is 4.79 Å². The molecule has 2 heteroatoms. The monoisotopic (exact) mass is 355 g/mol. The fourth-order valence-corrected chi connectivity index (χ4v) is 3.02. The van der Waals surface area contributed by atoms with Crippen molar-refractivity contribution in [3.63, 3.8) is 0 Å². The van der Waals surface area contributed by atoms with Crippen LogP contribution in [0.15, 0.2) is 91.0 Å². The molecule has 0 aliphatic rings. The van der Waals surface area contributed by atoms with Gasteiger partial charge in [-0.25, -0.2) is 0 Å². The Balaban J connectivity index is 1.72. The molecule has 0 aliphatic carbocycles. The summed E-state index contributed by atoms with van der Waals surface area (Å²) in [5.74, 6) is -0.0365. The van der Waals surface area contributed by atoms with E-state index in [4.69, 9.17) is 0 Å². The molecule has 0 unspecified atom stereocenters. The van der Waals surface area contributed by atoms with Crippen LogP contribution in [0.4, 0.5) is 0 Å². The van der Waals surface area contributed by atoms with E-state index in [2.05, 4.69) is 36.5 Å². The number of aryl methyl sites for hydroxylation is 1. The fraction of sp³-hybridized carbons (Fsp3) is 0.160. The van der Waals surface area contributed by atoms with Crippen LogP contribution < -0.4 is 5.32 Å². The first-order valence-electron chi connectivity index (χ1n) is 9.39. The van der Waals surface area contributed by atoms with Crippen molar-refractivity contribution < 1.29 is 4.79 Å². The SMILES string of the molecule is C[C@@H](CCc1ccccc1)NC(=O)/C(=C/c1ccccc1)c1ccccc1. The van der Waals surface area contributed by atoms with Crippen molar-refractivity contribution in [3.05, 3.63) is 108 Å². The molecule has 27 heavy (non-hydrogen) atoms. The van der Waals surface area contributed by atoms with Crippen LogP contribution in [0.1, 0.15) is 30.0 Å². The van der Waals surface area contributed by atoms with Crippen molar-refractivity contribution in [1.82, 2.24) is 5.32 Å². The van der Waals surface area contributed by atoms with E-state index >= 15 is 0 Å². The van der Waals surface area contributed by atoms with Gasteiger partial charge in [-0.05, 0) is 42.5 Å². The molecule has 0 spiro atoms. The maximum atomic E-state index is 13.0. The third-order valence-corrected chi connectivity index (χ3v) is 4.53. The Hall–Kier alpha value is -3.13. The van der Waals surface area contributed by atoms with E-state index in [-0.39, 0.29) is 11.9 Å². The molecule has 136 valence electrons. The maximum Gasteiger partial charge on any atom is 0.252 e. The highest BCUT2D eigenvalue weighted by molar-refractivity contribution is 6.24. The smallest absolute Gasteiger partial charge is 0.252 e. The van der Waals surface area contributed by atoms with Gasteiger partial charge in [0.15, 0.2) is 0 Å². The number of carbonyl (C=O) groups is 1. The summed E-state index contributed by atoms with van der Waals surface area (Å²) in [7, 11) is 0. The number of benzene rings is 3. The normalized spacial score (nSPS) is 12.4. The minimum atomic E-state index is -0.0365. The molecule has 3 aromatic rings. The van der Waals surface area contributed by atoms with Gasteiger partial charge in [0.05, 0.1) is 0 Å². The predicted molar refractivity (Wildman–Crippen MR) is 113 cm³/mol. The highest BCUT2D eigenvalue weighted by atomic mass is 16.1. The number of nitrogens with one attached hydrogen (secondary N) is 1. The van der Waals surface area contributed by atoms with Crippen molar-refractivity contribution in [2.75, 3.05) is 0 Å². The molecule has 0 saturated heterocycles. The molecule has 1 N–H and O–H groups in total. The Morgan fingerprint density at radius 3 is 2.04 bits per heavy atom. The van der Waals surface area contributed by atoms with Crippen LogP contribution in [-0.2, 0) is 11.2 Å². The largest absolute Gasteiger partial charge is 0.350 e. The molecular weight excluding hydrogens is 330 g/mol. The number of carbonyl (C=O) groups excluding carboxylic acids is 1. The van der Waals surface area contributed by atoms with E-state index in [1.165, 1.54) is 5.56 Å². The average Bonchev–Trinajstić information content (AvgIpc) is 2.72. The number of amides is 1. The van der Waals surface area contributed by atoms with Gasteiger partial charge in [-0.15, -0.1) is 0 Å². The summed E-state index contributed by atoms with van der Waals surface area (Å²) in [6.45, 7) is 2.06. The van der Waals surface area contributed by atoms with Gasteiger partial charge in [0.25, 0.3) is 5.91 Å². The van der Waals surface area contributed by atoms with E-state index < -0.39 is 0 Å². The second-order valence-corrected chi connectivity index (χ2v) is 6.73. The summed E-state index contributed by atoms with van der Waals surface area (Å²) >= 11 is 0. The Labute approximate surface area is 161 Å². The summed E-state index contributed by atoms with van der Waals surface area (Å²) in [6, 6.07) is 30.3. The number of rotatable bonds is 7. The summed E-state index contributed by atoms with van der Waals surface area (Å²) in [4.78, 5) is 13.0. The Bertz CT molecular complexity index is 870. The van der Waals surface area contributed by atoms with Gasteiger partial charge in [-0.3, -0.25) is 4.79 Å². The molecule has 0 bridgehead atoms. The molecule has 2 nitrogen and oxygen atoms in total. The highest BCUT2D eigenvalue weighted by Gasteiger charge is 2.14. The quantitative estimate of drug-likeness (QED) is 0.448. The third kappa shape index (κ3) is 5.68. The molecule has 0 aliphatic heterocycles. The van der Waals surface area contributed by atoms with Gasteiger partial charge in [0.2, 0.25) is 0 Å². The topological polar surface area (TPSA) is 29.1 Å².